The average molecular weight is 306 g/mol. The van der Waals surface area contributed by atoms with Crippen LogP contribution in [-0.4, -0.2) is 51.6 Å². The summed E-state index contributed by atoms with van der Waals surface area (Å²) in [5, 5.41) is 9.57. The van der Waals surface area contributed by atoms with Gasteiger partial charge in [0.1, 0.15) is 11.3 Å². The first-order valence-corrected chi connectivity index (χ1v) is 7.04. The summed E-state index contributed by atoms with van der Waals surface area (Å²) in [6, 6.07) is -0.569. The minimum Gasteiger partial charge on any atom is -0.444 e. The normalized spacial score (nSPS) is 25.1. The Bertz CT molecular complexity index is 378. The Kier molecular flexibility index (Phi) is 5.11. The molecule has 1 heterocycles. The Labute approximate surface area is 125 Å². The number of ether oxygens (including phenoxy) is 2. The van der Waals surface area contributed by atoms with Crippen molar-refractivity contribution in [2.45, 2.75) is 63.5 Å². The van der Waals surface area contributed by atoms with Crippen molar-refractivity contribution in [1.29, 1.82) is 0 Å². The summed E-state index contributed by atoms with van der Waals surface area (Å²) in [4.78, 5) is 13.8. The van der Waals surface area contributed by atoms with Crippen molar-refractivity contribution in [1.82, 2.24) is 4.90 Å². The Hall–Kier alpha value is -0.780. The van der Waals surface area contributed by atoms with Crippen LogP contribution in [0.25, 0.3) is 0 Å². The molecule has 0 aromatic carbocycles. The Morgan fingerprint density at radius 1 is 1.60 bits per heavy atom. The van der Waals surface area contributed by atoms with Gasteiger partial charge in [0.15, 0.2) is 0 Å². The highest BCUT2D eigenvalue weighted by Gasteiger charge is 2.49. The summed E-state index contributed by atoms with van der Waals surface area (Å²) in [5.41, 5.74) is -1.48. The number of alkyl halides is 1. The highest BCUT2D eigenvalue weighted by Crippen LogP contribution is 2.32. The van der Waals surface area contributed by atoms with Crippen molar-refractivity contribution in [3.8, 4) is 0 Å². The molecule has 0 aliphatic carbocycles. The van der Waals surface area contributed by atoms with Gasteiger partial charge in [-0.2, -0.15) is 0 Å². The number of amides is 1. The maximum atomic E-state index is 12.3. The van der Waals surface area contributed by atoms with Gasteiger partial charge in [0, 0.05) is 0 Å². The third-order valence-electron chi connectivity index (χ3n) is 3.05. The second-order valence-corrected chi connectivity index (χ2v) is 6.85. The maximum absolute atomic E-state index is 12.3. The minimum absolute atomic E-state index is 0.199. The van der Waals surface area contributed by atoms with E-state index >= 15 is 0 Å². The maximum Gasteiger partial charge on any atom is 0.412 e. The second-order valence-electron chi connectivity index (χ2n) is 6.35. The number of carbonyl (C=O) groups excluding carboxylic acids is 1. The zero-order valence-electron chi connectivity index (χ0n) is 12.7. The van der Waals surface area contributed by atoms with Crippen molar-refractivity contribution in [3.63, 3.8) is 0 Å². The predicted molar refractivity (Wildman–Crippen MR) is 77.7 cm³/mol. The summed E-state index contributed by atoms with van der Waals surface area (Å²) < 4.78 is 11.0. The van der Waals surface area contributed by atoms with E-state index in [2.05, 4.69) is 6.58 Å². The van der Waals surface area contributed by atoms with Gasteiger partial charge in [-0.25, -0.2) is 4.79 Å². The predicted octanol–water partition coefficient (Wildman–Crippen LogP) is 2.51. The largest absolute Gasteiger partial charge is 0.444 e. The lowest BCUT2D eigenvalue weighted by Crippen LogP contribution is -2.54. The van der Waals surface area contributed by atoms with E-state index in [1.807, 2.05) is 0 Å². The molecule has 0 saturated carbocycles. The third-order valence-corrected chi connectivity index (χ3v) is 3.49. The van der Waals surface area contributed by atoms with Crippen LogP contribution in [0.3, 0.4) is 0 Å². The van der Waals surface area contributed by atoms with E-state index in [-0.39, 0.29) is 6.61 Å². The molecule has 0 aromatic heterocycles. The summed E-state index contributed by atoms with van der Waals surface area (Å²) in [5.74, 6) is 0. The molecule has 1 fully saturated rings. The van der Waals surface area contributed by atoms with Crippen LogP contribution in [0.1, 0.15) is 34.6 Å². The fourth-order valence-corrected chi connectivity index (χ4v) is 2.27. The molecule has 0 radical (unpaired) electrons. The Balaban J connectivity index is 2.96. The van der Waals surface area contributed by atoms with Crippen molar-refractivity contribution >= 4 is 17.7 Å². The van der Waals surface area contributed by atoms with Crippen LogP contribution < -0.4 is 0 Å². The van der Waals surface area contributed by atoms with Gasteiger partial charge in [-0.1, -0.05) is 6.08 Å². The van der Waals surface area contributed by atoms with E-state index in [0.717, 1.165) is 0 Å². The molecule has 0 aromatic rings. The van der Waals surface area contributed by atoms with Gasteiger partial charge in [-0.15, -0.1) is 18.2 Å². The first-order valence-electron chi connectivity index (χ1n) is 6.60. The van der Waals surface area contributed by atoms with Gasteiger partial charge < -0.3 is 14.6 Å². The fourth-order valence-electron chi connectivity index (χ4n) is 2.10. The first-order chi connectivity index (χ1) is 8.99. The minimum atomic E-state index is -0.969. The molecule has 0 bridgehead atoms. The second kappa shape index (κ2) is 5.92. The van der Waals surface area contributed by atoms with E-state index in [1.54, 1.807) is 34.6 Å². The SMILES string of the molecule is C=C[C@H](Cl)[C@@H](O)C1COC(C)(C)N1C(=O)OC(C)(C)C. The van der Waals surface area contributed by atoms with Crippen molar-refractivity contribution < 1.29 is 19.4 Å². The molecular formula is C14H24ClNO4. The molecule has 20 heavy (non-hydrogen) atoms. The summed E-state index contributed by atoms with van der Waals surface area (Å²) in [6.45, 7) is 12.6. The van der Waals surface area contributed by atoms with Crippen LogP contribution in [-0.2, 0) is 9.47 Å². The number of aliphatic hydroxyl groups excluding tert-OH is 1. The van der Waals surface area contributed by atoms with Crippen LogP contribution in [0.5, 0.6) is 0 Å². The highest BCUT2D eigenvalue weighted by atomic mass is 35.5. The number of rotatable bonds is 3. The van der Waals surface area contributed by atoms with Gasteiger partial charge in [0.25, 0.3) is 0 Å². The number of hydrogen-bond donors (Lipinski definition) is 1. The number of halogens is 1. The van der Waals surface area contributed by atoms with Gasteiger partial charge >= 0.3 is 6.09 Å². The van der Waals surface area contributed by atoms with E-state index < -0.39 is 34.9 Å². The quantitative estimate of drug-likeness (QED) is 0.643. The highest BCUT2D eigenvalue weighted by molar-refractivity contribution is 6.22. The Morgan fingerprint density at radius 2 is 2.15 bits per heavy atom. The van der Waals surface area contributed by atoms with Crippen LogP contribution in [0.2, 0.25) is 0 Å². The average Bonchev–Trinajstić information content (AvgIpc) is 2.60. The number of aliphatic hydroxyl groups is 1. The molecule has 1 aliphatic heterocycles. The van der Waals surface area contributed by atoms with Crippen LogP contribution in [0, 0.1) is 0 Å². The zero-order valence-corrected chi connectivity index (χ0v) is 13.5. The van der Waals surface area contributed by atoms with E-state index in [1.165, 1.54) is 11.0 Å². The smallest absolute Gasteiger partial charge is 0.412 e. The number of carbonyl (C=O) groups is 1. The van der Waals surface area contributed by atoms with E-state index in [9.17, 15) is 9.90 Å². The van der Waals surface area contributed by atoms with Crippen LogP contribution in [0.15, 0.2) is 12.7 Å². The topological polar surface area (TPSA) is 59.0 Å². The Morgan fingerprint density at radius 3 is 2.60 bits per heavy atom. The molecule has 1 N–H and O–H groups in total. The van der Waals surface area contributed by atoms with Gasteiger partial charge in [-0.05, 0) is 34.6 Å². The van der Waals surface area contributed by atoms with Crippen molar-refractivity contribution in [3.05, 3.63) is 12.7 Å². The summed E-state index contributed by atoms with van der Waals surface area (Å²) in [6.07, 6.45) is -0.0643. The summed E-state index contributed by atoms with van der Waals surface area (Å²) in [7, 11) is 0. The zero-order chi connectivity index (χ0) is 15.7. The lowest BCUT2D eigenvalue weighted by atomic mass is 10.1. The van der Waals surface area contributed by atoms with Gasteiger partial charge in [0.05, 0.1) is 24.1 Å². The first kappa shape index (κ1) is 17.3. The fraction of sp³-hybridized carbons (Fsp3) is 0.786. The molecule has 1 amide bonds. The lowest BCUT2D eigenvalue weighted by Gasteiger charge is -2.37. The molecule has 1 unspecified atom stereocenters. The van der Waals surface area contributed by atoms with Gasteiger partial charge in [0.2, 0.25) is 0 Å². The summed E-state index contributed by atoms with van der Waals surface area (Å²) >= 11 is 5.99. The molecule has 6 heteroatoms. The molecule has 116 valence electrons. The molecule has 1 aliphatic rings. The lowest BCUT2D eigenvalue weighted by molar-refractivity contribution is -0.0674. The number of hydrogen-bond acceptors (Lipinski definition) is 4. The van der Waals surface area contributed by atoms with Gasteiger partial charge in [-0.3, -0.25) is 4.90 Å². The molecule has 5 nitrogen and oxygen atoms in total. The molecule has 1 saturated heterocycles. The third kappa shape index (κ3) is 3.87. The van der Waals surface area contributed by atoms with Crippen LogP contribution in [0.4, 0.5) is 4.79 Å². The van der Waals surface area contributed by atoms with E-state index in [0.29, 0.717) is 0 Å². The van der Waals surface area contributed by atoms with Crippen molar-refractivity contribution in [2.24, 2.45) is 0 Å². The van der Waals surface area contributed by atoms with E-state index in [4.69, 9.17) is 21.1 Å². The van der Waals surface area contributed by atoms with Crippen molar-refractivity contribution in [2.75, 3.05) is 6.61 Å². The monoisotopic (exact) mass is 305 g/mol. The molecule has 1 rings (SSSR count). The molecule has 3 atom stereocenters. The number of nitrogens with zero attached hydrogens (tertiary/aromatic N) is 1. The standard InChI is InChI=1S/C14H24ClNO4/c1-7-9(15)11(17)10-8-19-14(5,6)16(10)12(18)20-13(2,3)4/h7,9-11,17H,1,8H2,2-6H3/t9-,10?,11+/m0/s1. The van der Waals surface area contributed by atoms with Crippen LogP contribution >= 0.6 is 11.6 Å². The molecular weight excluding hydrogens is 282 g/mol. The molecule has 0 spiro atoms.